The second-order valence-corrected chi connectivity index (χ2v) is 6.68. The maximum Gasteiger partial charge on any atom is 0.314 e. The van der Waals surface area contributed by atoms with Gasteiger partial charge in [0.1, 0.15) is 6.26 Å². The van der Waals surface area contributed by atoms with Gasteiger partial charge >= 0.3 is 11.8 Å². The fraction of sp³-hybridized carbons (Fsp3) is 0.312. The summed E-state index contributed by atoms with van der Waals surface area (Å²) < 4.78 is 4.61. The minimum absolute atomic E-state index is 0.193. The molecule has 1 aromatic heterocycles. The number of hydrogen-bond acceptors (Lipinski definition) is 4. The summed E-state index contributed by atoms with van der Waals surface area (Å²) in [4.78, 5) is 24.1. The SMILES string of the molecule is O=C(Nc1ccon1)C(=O)NC1(Cc2ccc(Cl)cc2Cl)CCC1. The fourth-order valence-electron chi connectivity index (χ4n) is 2.73. The monoisotopic (exact) mass is 367 g/mol. The Morgan fingerprint density at radius 3 is 2.58 bits per heavy atom. The number of aromatic nitrogens is 1. The van der Waals surface area contributed by atoms with Crippen molar-refractivity contribution in [2.45, 2.75) is 31.2 Å². The Labute approximate surface area is 148 Å². The third-order valence-electron chi connectivity index (χ3n) is 4.12. The summed E-state index contributed by atoms with van der Waals surface area (Å²) in [6, 6.07) is 6.72. The number of rotatable bonds is 4. The number of nitrogens with one attached hydrogen (secondary N) is 2. The second-order valence-electron chi connectivity index (χ2n) is 5.84. The second kappa shape index (κ2) is 6.83. The molecule has 2 aromatic rings. The van der Waals surface area contributed by atoms with Crippen LogP contribution in [0.15, 0.2) is 35.1 Å². The number of carbonyl (C=O) groups is 2. The van der Waals surface area contributed by atoms with Crippen LogP contribution in [0.1, 0.15) is 24.8 Å². The molecule has 1 aliphatic rings. The van der Waals surface area contributed by atoms with E-state index in [1.807, 2.05) is 6.07 Å². The maximum atomic E-state index is 12.2. The summed E-state index contributed by atoms with van der Waals surface area (Å²) >= 11 is 12.1. The van der Waals surface area contributed by atoms with Crippen LogP contribution < -0.4 is 10.6 Å². The minimum atomic E-state index is -0.780. The molecule has 1 aliphatic carbocycles. The fourth-order valence-corrected chi connectivity index (χ4v) is 3.20. The van der Waals surface area contributed by atoms with Gasteiger partial charge < -0.3 is 9.84 Å². The molecule has 0 bridgehead atoms. The molecular weight excluding hydrogens is 353 g/mol. The molecule has 1 saturated carbocycles. The standard InChI is InChI=1S/C16H15Cl2N3O3/c17-11-3-2-10(12(18)8-11)9-16(5-1-6-16)20-15(23)14(22)19-13-4-7-24-21-13/h2-4,7-8H,1,5-6,9H2,(H,20,23)(H,19,21,22). The van der Waals surface area contributed by atoms with Gasteiger partial charge in [-0.1, -0.05) is 34.4 Å². The molecule has 126 valence electrons. The van der Waals surface area contributed by atoms with E-state index in [0.29, 0.717) is 16.5 Å². The first-order chi connectivity index (χ1) is 11.5. The highest BCUT2D eigenvalue weighted by Crippen LogP contribution is 2.37. The zero-order valence-electron chi connectivity index (χ0n) is 12.6. The zero-order valence-corrected chi connectivity index (χ0v) is 14.2. The molecule has 0 aliphatic heterocycles. The van der Waals surface area contributed by atoms with E-state index in [1.165, 1.54) is 12.3 Å². The Kier molecular flexibility index (Phi) is 4.78. The van der Waals surface area contributed by atoms with Gasteiger partial charge in [-0.2, -0.15) is 0 Å². The van der Waals surface area contributed by atoms with E-state index in [4.69, 9.17) is 23.2 Å². The average molecular weight is 368 g/mol. The number of anilines is 1. The highest BCUT2D eigenvalue weighted by Gasteiger charge is 2.40. The van der Waals surface area contributed by atoms with Crippen LogP contribution in [0, 0.1) is 0 Å². The molecule has 0 saturated heterocycles. The van der Waals surface area contributed by atoms with Crippen molar-refractivity contribution in [3.8, 4) is 0 Å². The molecule has 0 atom stereocenters. The molecule has 0 spiro atoms. The van der Waals surface area contributed by atoms with Gasteiger partial charge in [-0.25, -0.2) is 0 Å². The van der Waals surface area contributed by atoms with Crippen molar-refractivity contribution in [2.75, 3.05) is 5.32 Å². The van der Waals surface area contributed by atoms with E-state index in [9.17, 15) is 9.59 Å². The van der Waals surface area contributed by atoms with Crippen molar-refractivity contribution in [2.24, 2.45) is 0 Å². The molecule has 0 unspecified atom stereocenters. The Morgan fingerprint density at radius 2 is 2.00 bits per heavy atom. The summed E-state index contributed by atoms with van der Waals surface area (Å²) in [6.07, 6.45) is 4.41. The predicted octanol–water partition coefficient (Wildman–Crippen LogP) is 3.20. The lowest BCUT2D eigenvalue weighted by atomic mass is 9.72. The smallest absolute Gasteiger partial charge is 0.314 e. The quantitative estimate of drug-likeness (QED) is 0.812. The van der Waals surface area contributed by atoms with E-state index < -0.39 is 17.4 Å². The van der Waals surface area contributed by atoms with Crippen LogP contribution in [0.25, 0.3) is 0 Å². The van der Waals surface area contributed by atoms with Crippen molar-refractivity contribution >= 4 is 40.8 Å². The van der Waals surface area contributed by atoms with Gasteiger partial charge in [0.25, 0.3) is 0 Å². The number of benzene rings is 1. The molecule has 2 amide bonds. The van der Waals surface area contributed by atoms with E-state index in [-0.39, 0.29) is 5.82 Å². The molecule has 6 nitrogen and oxygen atoms in total. The number of halogens is 2. The predicted molar refractivity (Wildman–Crippen MR) is 90.0 cm³/mol. The zero-order chi connectivity index (χ0) is 17.2. The van der Waals surface area contributed by atoms with Gasteiger partial charge in [0.15, 0.2) is 5.82 Å². The summed E-state index contributed by atoms with van der Waals surface area (Å²) in [7, 11) is 0. The normalized spacial score (nSPS) is 15.4. The summed E-state index contributed by atoms with van der Waals surface area (Å²) in [5.74, 6) is -1.29. The molecule has 3 rings (SSSR count). The van der Waals surface area contributed by atoms with E-state index in [2.05, 4.69) is 20.3 Å². The lowest BCUT2D eigenvalue weighted by Crippen LogP contribution is -2.57. The van der Waals surface area contributed by atoms with Gasteiger partial charge in [-0.3, -0.25) is 14.9 Å². The Bertz CT molecular complexity index is 758. The minimum Gasteiger partial charge on any atom is -0.363 e. The van der Waals surface area contributed by atoms with Crippen LogP contribution in [0.5, 0.6) is 0 Å². The van der Waals surface area contributed by atoms with Crippen molar-refractivity contribution in [3.05, 3.63) is 46.1 Å². The van der Waals surface area contributed by atoms with Gasteiger partial charge in [0.05, 0.1) is 0 Å². The molecule has 1 aromatic carbocycles. The average Bonchev–Trinajstić information content (AvgIpc) is 3.00. The Hall–Kier alpha value is -2.05. The highest BCUT2D eigenvalue weighted by molar-refractivity contribution is 6.39. The molecule has 1 heterocycles. The van der Waals surface area contributed by atoms with Crippen LogP contribution in [-0.4, -0.2) is 22.5 Å². The first-order valence-corrected chi connectivity index (χ1v) is 8.21. The third-order valence-corrected chi connectivity index (χ3v) is 4.71. The number of amides is 2. The van der Waals surface area contributed by atoms with Crippen molar-refractivity contribution in [3.63, 3.8) is 0 Å². The first-order valence-electron chi connectivity index (χ1n) is 7.45. The van der Waals surface area contributed by atoms with Crippen molar-refractivity contribution < 1.29 is 14.1 Å². The molecule has 8 heteroatoms. The molecule has 1 fully saturated rings. The van der Waals surface area contributed by atoms with E-state index in [1.54, 1.807) is 12.1 Å². The van der Waals surface area contributed by atoms with Crippen LogP contribution in [0.4, 0.5) is 5.82 Å². The molecule has 2 N–H and O–H groups in total. The van der Waals surface area contributed by atoms with E-state index in [0.717, 1.165) is 24.8 Å². The summed E-state index contributed by atoms with van der Waals surface area (Å²) in [5.41, 5.74) is 0.424. The summed E-state index contributed by atoms with van der Waals surface area (Å²) in [6.45, 7) is 0. The molecule has 24 heavy (non-hydrogen) atoms. The van der Waals surface area contributed by atoms with Gasteiger partial charge in [-0.15, -0.1) is 0 Å². The Morgan fingerprint density at radius 1 is 1.21 bits per heavy atom. The third kappa shape index (κ3) is 3.71. The summed E-state index contributed by atoms with van der Waals surface area (Å²) in [5, 5.41) is 9.86. The lowest BCUT2D eigenvalue weighted by Gasteiger charge is -2.42. The Balaban J connectivity index is 1.66. The van der Waals surface area contributed by atoms with Crippen molar-refractivity contribution in [1.82, 2.24) is 10.5 Å². The highest BCUT2D eigenvalue weighted by atomic mass is 35.5. The molecule has 0 radical (unpaired) electrons. The maximum absolute atomic E-state index is 12.2. The molecular formula is C16H15Cl2N3O3. The lowest BCUT2D eigenvalue weighted by molar-refractivity contribution is -0.138. The van der Waals surface area contributed by atoms with E-state index >= 15 is 0 Å². The topological polar surface area (TPSA) is 84.2 Å². The van der Waals surface area contributed by atoms with Gasteiger partial charge in [0.2, 0.25) is 0 Å². The van der Waals surface area contributed by atoms with Gasteiger partial charge in [0, 0.05) is 21.7 Å². The van der Waals surface area contributed by atoms with Crippen LogP contribution in [-0.2, 0) is 16.0 Å². The number of nitrogens with zero attached hydrogens (tertiary/aromatic N) is 1. The number of carbonyl (C=O) groups excluding carboxylic acids is 2. The first kappa shape index (κ1) is 16.8. The van der Waals surface area contributed by atoms with Crippen LogP contribution in [0.2, 0.25) is 10.0 Å². The van der Waals surface area contributed by atoms with Crippen molar-refractivity contribution in [1.29, 1.82) is 0 Å². The van der Waals surface area contributed by atoms with Gasteiger partial charge in [-0.05, 0) is 43.4 Å². The number of hydrogen-bond donors (Lipinski definition) is 2. The van der Waals surface area contributed by atoms with Crippen LogP contribution >= 0.6 is 23.2 Å². The van der Waals surface area contributed by atoms with Crippen LogP contribution in [0.3, 0.4) is 0 Å². The largest absolute Gasteiger partial charge is 0.363 e.